The van der Waals surface area contributed by atoms with Crippen LogP contribution in [-0.4, -0.2) is 17.6 Å². The minimum atomic E-state index is -0.380. The van der Waals surface area contributed by atoms with E-state index in [0.717, 1.165) is 0 Å². The van der Waals surface area contributed by atoms with Gasteiger partial charge in [-0.3, -0.25) is 4.79 Å². The zero-order valence-corrected chi connectivity index (χ0v) is 8.82. The van der Waals surface area contributed by atoms with Gasteiger partial charge in [-0.2, -0.15) is 0 Å². The molecule has 2 rings (SSSR count). The summed E-state index contributed by atoms with van der Waals surface area (Å²) < 4.78 is 4.88. The number of aromatic nitrogens is 1. The monoisotopic (exact) mass is 217 g/mol. The molecule has 82 valence electrons. The highest BCUT2D eigenvalue weighted by Crippen LogP contribution is 2.10. The highest BCUT2D eigenvalue weighted by Gasteiger charge is 2.07. The fourth-order valence-corrected chi connectivity index (χ4v) is 1.52. The van der Waals surface area contributed by atoms with E-state index in [-0.39, 0.29) is 11.4 Å². The van der Waals surface area contributed by atoms with E-state index in [1.807, 2.05) is 0 Å². The van der Waals surface area contributed by atoms with Gasteiger partial charge in [0.1, 0.15) is 0 Å². The molecule has 0 saturated heterocycles. The predicted octanol–water partition coefficient (Wildman–Crippen LogP) is 1.70. The van der Waals surface area contributed by atoms with Crippen molar-refractivity contribution in [2.45, 2.75) is 6.92 Å². The molecule has 0 fully saturated rings. The summed E-state index contributed by atoms with van der Waals surface area (Å²) in [5.74, 6) is -0.380. The summed E-state index contributed by atoms with van der Waals surface area (Å²) in [5.41, 5.74) is 1.01. The van der Waals surface area contributed by atoms with E-state index in [2.05, 4.69) is 4.98 Å². The van der Waals surface area contributed by atoms with Gasteiger partial charge in [-0.1, -0.05) is 0 Å². The Morgan fingerprint density at radius 2 is 2.19 bits per heavy atom. The van der Waals surface area contributed by atoms with E-state index in [0.29, 0.717) is 23.1 Å². The Bertz CT molecular complexity index is 586. The first-order valence-electron chi connectivity index (χ1n) is 5.01. The van der Waals surface area contributed by atoms with Crippen molar-refractivity contribution < 1.29 is 9.53 Å². The van der Waals surface area contributed by atoms with Gasteiger partial charge in [0.2, 0.25) is 0 Å². The molecular weight excluding hydrogens is 206 g/mol. The minimum absolute atomic E-state index is 0.0656. The summed E-state index contributed by atoms with van der Waals surface area (Å²) in [5, 5.41) is 0.565. The zero-order chi connectivity index (χ0) is 11.5. The number of esters is 1. The Balaban J connectivity index is 2.53. The lowest BCUT2D eigenvalue weighted by molar-refractivity contribution is 0.0526. The lowest BCUT2D eigenvalue weighted by Gasteiger charge is -2.02. The summed E-state index contributed by atoms with van der Waals surface area (Å²) in [4.78, 5) is 25.8. The molecular formula is C12H11NO3. The predicted molar refractivity (Wildman–Crippen MR) is 60.5 cm³/mol. The number of pyridine rings is 1. The van der Waals surface area contributed by atoms with Crippen molar-refractivity contribution in [2.75, 3.05) is 6.61 Å². The van der Waals surface area contributed by atoms with Gasteiger partial charge in [0.25, 0.3) is 0 Å². The van der Waals surface area contributed by atoms with Crippen LogP contribution in [0.5, 0.6) is 0 Å². The highest BCUT2D eigenvalue weighted by molar-refractivity contribution is 5.94. The zero-order valence-electron chi connectivity index (χ0n) is 8.82. The Labute approximate surface area is 91.9 Å². The van der Waals surface area contributed by atoms with E-state index < -0.39 is 0 Å². The van der Waals surface area contributed by atoms with Crippen molar-refractivity contribution in [1.29, 1.82) is 0 Å². The Morgan fingerprint density at radius 3 is 2.94 bits per heavy atom. The first kappa shape index (κ1) is 10.4. The molecule has 0 unspecified atom stereocenters. The number of ether oxygens (including phenoxy) is 1. The van der Waals surface area contributed by atoms with E-state index in [1.165, 1.54) is 6.07 Å². The molecule has 0 aliphatic heterocycles. The summed E-state index contributed by atoms with van der Waals surface area (Å²) in [7, 11) is 0. The SMILES string of the molecule is CCOC(=O)c1ccc2c(=O)cc[nH]c2c1. The molecule has 0 radical (unpaired) electrons. The standard InChI is InChI=1S/C12H11NO3/c1-2-16-12(15)8-3-4-9-10(7-8)13-6-5-11(9)14/h3-7H,2H2,1H3,(H,13,14). The van der Waals surface area contributed by atoms with E-state index in [4.69, 9.17) is 4.74 Å². The first-order chi connectivity index (χ1) is 7.72. The van der Waals surface area contributed by atoms with Crippen LogP contribution in [0.1, 0.15) is 17.3 Å². The van der Waals surface area contributed by atoms with Gasteiger partial charge >= 0.3 is 5.97 Å². The van der Waals surface area contributed by atoms with E-state index in [1.54, 1.807) is 31.3 Å². The average molecular weight is 217 g/mol. The van der Waals surface area contributed by atoms with E-state index in [9.17, 15) is 9.59 Å². The Hall–Kier alpha value is -2.10. The third-order valence-electron chi connectivity index (χ3n) is 2.27. The second kappa shape index (κ2) is 4.18. The number of nitrogens with one attached hydrogen (secondary N) is 1. The van der Waals surface area contributed by atoms with Gasteiger partial charge in [-0.05, 0) is 25.1 Å². The maximum atomic E-state index is 11.5. The number of hydrogen-bond acceptors (Lipinski definition) is 3. The molecule has 4 nitrogen and oxygen atoms in total. The summed E-state index contributed by atoms with van der Waals surface area (Å²) in [6.45, 7) is 2.09. The molecule has 0 saturated carbocycles. The second-order valence-corrected chi connectivity index (χ2v) is 3.32. The first-order valence-corrected chi connectivity index (χ1v) is 5.01. The van der Waals surface area contributed by atoms with Crippen molar-refractivity contribution in [2.24, 2.45) is 0 Å². The summed E-state index contributed by atoms with van der Waals surface area (Å²) in [6, 6.07) is 6.29. The molecule has 1 heterocycles. The summed E-state index contributed by atoms with van der Waals surface area (Å²) in [6.07, 6.45) is 1.56. The van der Waals surface area contributed by atoms with Crippen LogP contribution in [-0.2, 0) is 4.74 Å². The topological polar surface area (TPSA) is 59.2 Å². The quantitative estimate of drug-likeness (QED) is 0.779. The van der Waals surface area contributed by atoms with Gasteiger partial charge in [0.15, 0.2) is 5.43 Å². The molecule has 2 aromatic rings. The fourth-order valence-electron chi connectivity index (χ4n) is 1.52. The lowest BCUT2D eigenvalue weighted by atomic mass is 10.1. The normalized spacial score (nSPS) is 10.3. The molecule has 1 aromatic heterocycles. The number of rotatable bonds is 2. The average Bonchev–Trinajstić information content (AvgIpc) is 2.29. The smallest absolute Gasteiger partial charge is 0.338 e. The number of hydrogen-bond donors (Lipinski definition) is 1. The third-order valence-corrected chi connectivity index (χ3v) is 2.27. The molecule has 0 bridgehead atoms. The largest absolute Gasteiger partial charge is 0.462 e. The number of H-pyrrole nitrogens is 1. The number of carbonyl (C=O) groups is 1. The molecule has 0 atom stereocenters. The lowest BCUT2D eigenvalue weighted by Crippen LogP contribution is -2.06. The van der Waals surface area contributed by atoms with Crippen LogP contribution < -0.4 is 5.43 Å². The number of carbonyl (C=O) groups excluding carboxylic acids is 1. The molecule has 16 heavy (non-hydrogen) atoms. The Kier molecular flexibility index (Phi) is 2.72. The fraction of sp³-hybridized carbons (Fsp3) is 0.167. The highest BCUT2D eigenvalue weighted by atomic mass is 16.5. The molecule has 0 spiro atoms. The van der Waals surface area contributed by atoms with Crippen LogP contribution in [0.25, 0.3) is 10.9 Å². The molecule has 1 aromatic carbocycles. The Morgan fingerprint density at radius 1 is 1.38 bits per heavy atom. The van der Waals surface area contributed by atoms with Crippen molar-refractivity contribution in [1.82, 2.24) is 4.98 Å². The molecule has 0 aliphatic rings. The minimum Gasteiger partial charge on any atom is -0.462 e. The number of benzene rings is 1. The number of fused-ring (bicyclic) bond motifs is 1. The van der Waals surface area contributed by atoms with Crippen LogP contribution in [0.2, 0.25) is 0 Å². The van der Waals surface area contributed by atoms with Gasteiger partial charge in [-0.15, -0.1) is 0 Å². The maximum absolute atomic E-state index is 11.5. The van der Waals surface area contributed by atoms with Crippen molar-refractivity contribution in [3.63, 3.8) is 0 Å². The molecule has 0 aliphatic carbocycles. The van der Waals surface area contributed by atoms with Gasteiger partial charge < -0.3 is 9.72 Å². The van der Waals surface area contributed by atoms with E-state index >= 15 is 0 Å². The van der Waals surface area contributed by atoms with Crippen molar-refractivity contribution >= 4 is 16.9 Å². The van der Waals surface area contributed by atoms with Gasteiger partial charge in [0, 0.05) is 17.6 Å². The van der Waals surface area contributed by atoms with Crippen LogP contribution in [0.3, 0.4) is 0 Å². The molecule has 1 N–H and O–H groups in total. The van der Waals surface area contributed by atoms with Crippen LogP contribution >= 0.6 is 0 Å². The van der Waals surface area contributed by atoms with Crippen molar-refractivity contribution in [3.05, 3.63) is 46.2 Å². The molecule has 4 heteroatoms. The summed E-state index contributed by atoms with van der Waals surface area (Å²) >= 11 is 0. The van der Waals surface area contributed by atoms with Gasteiger partial charge in [0.05, 0.1) is 17.7 Å². The van der Waals surface area contributed by atoms with Gasteiger partial charge in [-0.25, -0.2) is 4.79 Å². The van der Waals surface area contributed by atoms with Crippen LogP contribution in [0, 0.1) is 0 Å². The molecule has 0 amide bonds. The number of aromatic amines is 1. The maximum Gasteiger partial charge on any atom is 0.338 e. The second-order valence-electron chi connectivity index (χ2n) is 3.32. The van der Waals surface area contributed by atoms with Crippen LogP contribution in [0.4, 0.5) is 0 Å². The van der Waals surface area contributed by atoms with Crippen molar-refractivity contribution in [3.8, 4) is 0 Å². The van der Waals surface area contributed by atoms with Crippen LogP contribution in [0.15, 0.2) is 35.3 Å². The third kappa shape index (κ3) is 1.82.